The van der Waals surface area contributed by atoms with Crippen molar-refractivity contribution >= 4 is 18.0 Å². The van der Waals surface area contributed by atoms with Crippen LogP contribution in [-0.2, 0) is 23.8 Å². The van der Waals surface area contributed by atoms with Crippen LogP contribution >= 0.6 is 0 Å². The van der Waals surface area contributed by atoms with Crippen molar-refractivity contribution in [2.75, 3.05) is 19.8 Å². The van der Waals surface area contributed by atoms with E-state index in [-0.39, 0.29) is 12.7 Å². The second-order valence-electron chi connectivity index (χ2n) is 3.99. The van der Waals surface area contributed by atoms with E-state index in [4.69, 9.17) is 9.47 Å². The third-order valence-corrected chi connectivity index (χ3v) is 1.82. The molecule has 0 aliphatic rings. The van der Waals surface area contributed by atoms with Crippen molar-refractivity contribution in [3.63, 3.8) is 0 Å². The third-order valence-electron chi connectivity index (χ3n) is 1.82. The minimum atomic E-state index is -0.637. The van der Waals surface area contributed by atoms with Crippen molar-refractivity contribution in [2.45, 2.75) is 33.3 Å². The van der Waals surface area contributed by atoms with Crippen molar-refractivity contribution in [3.05, 3.63) is 12.2 Å². The molecule has 0 aliphatic carbocycles. The molecule has 0 saturated heterocycles. The summed E-state index contributed by atoms with van der Waals surface area (Å²) < 4.78 is 14.3. The van der Waals surface area contributed by atoms with Crippen LogP contribution in [0, 0.1) is 0 Å². The molecule has 0 atom stereocenters. The van der Waals surface area contributed by atoms with Crippen LogP contribution in [0.25, 0.3) is 0 Å². The predicted octanol–water partition coefficient (Wildman–Crippen LogP) is 1.17. The molecule has 0 heterocycles. The molecule has 0 aliphatic heterocycles. The van der Waals surface area contributed by atoms with Gasteiger partial charge in [-0.1, -0.05) is 0 Å². The summed E-state index contributed by atoms with van der Waals surface area (Å²) >= 11 is 0. The molecule has 1 N–H and O–H groups in total. The lowest BCUT2D eigenvalue weighted by molar-refractivity contribution is -0.142. The molecule has 0 fully saturated rings. The number of amides is 1. The van der Waals surface area contributed by atoms with Gasteiger partial charge in [-0.3, -0.25) is 0 Å². The largest absolute Gasteiger partial charge is 0.462 e. The number of carbonyl (C=O) groups excluding carboxylic acids is 3. The van der Waals surface area contributed by atoms with E-state index in [0.29, 0.717) is 19.6 Å². The quantitative estimate of drug-likeness (QED) is 0.312. The Bertz CT molecular complexity index is 351. The molecule has 0 saturated carbocycles. The van der Waals surface area contributed by atoms with E-state index in [1.54, 1.807) is 20.8 Å². The minimum absolute atomic E-state index is 0.134. The van der Waals surface area contributed by atoms with Crippen LogP contribution in [0.5, 0.6) is 0 Å². The second-order valence-corrected chi connectivity index (χ2v) is 3.99. The van der Waals surface area contributed by atoms with Crippen LogP contribution in [0.3, 0.4) is 0 Å². The number of nitrogens with one attached hydrogen (secondary N) is 1. The highest BCUT2D eigenvalue weighted by Crippen LogP contribution is 1.92. The molecule has 1 amide bonds. The standard InChI is InChI=1S/C13H21NO6/c1-4-18-13(17)14-8-5-9-19-11(15)6-7-12(16)20-10(2)3/h6-7,10H,4-5,8-9H2,1-3H3,(H,14,17)/b7-6+. The number of rotatable bonds is 8. The van der Waals surface area contributed by atoms with Gasteiger partial charge in [0.2, 0.25) is 0 Å². The number of carbonyl (C=O) groups is 3. The van der Waals surface area contributed by atoms with Crippen molar-refractivity contribution in [3.8, 4) is 0 Å². The maximum atomic E-state index is 11.2. The summed E-state index contributed by atoms with van der Waals surface area (Å²) in [5.41, 5.74) is 0. The fourth-order valence-corrected chi connectivity index (χ4v) is 1.07. The average Bonchev–Trinajstić information content (AvgIpc) is 2.35. The maximum absolute atomic E-state index is 11.2. The average molecular weight is 287 g/mol. The SMILES string of the molecule is CCOC(=O)NCCCOC(=O)/C=C/C(=O)OC(C)C. The predicted molar refractivity (Wildman–Crippen MR) is 71.0 cm³/mol. The zero-order valence-electron chi connectivity index (χ0n) is 12.0. The third kappa shape index (κ3) is 11.1. The molecule has 0 rings (SSSR count). The number of hydrogen-bond acceptors (Lipinski definition) is 6. The number of esters is 2. The topological polar surface area (TPSA) is 90.9 Å². The number of hydrogen-bond donors (Lipinski definition) is 1. The Morgan fingerprint density at radius 3 is 2.35 bits per heavy atom. The van der Waals surface area contributed by atoms with E-state index in [2.05, 4.69) is 10.1 Å². The molecule has 0 aromatic heterocycles. The Labute approximate surface area is 118 Å². The molecule has 7 heteroatoms. The molecule has 7 nitrogen and oxygen atoms in total. The summed E-state index contributed by atoms with van der Waals surface area (Å²) in [4.78, 5) is 33.2. The van der Waals surface area contributed by atoms with Gasteiger partial charge in [-0.15, -0.1) is 0 Å². The van der Waals surface area contributed by atoms with Crippen molar-refractivity contribution in [2.24, 2.45) is 0 Å². The molecule has 0 radical (unpaired) electrons. The number of alkyl carbamates (subject to hydrolysis) is 1. The highest BCUT2D eigenvalue weighted by molar-refractivity contribution is 5.91. The molecule has 0 aromatic carbocycles. The van der Waals surface area contributed by atoms with Gasteiger partial charge in [-0.25, -0.2) is 14.4 Å². The van der Waals surface area contributed by atoms with Crippen LogP contribution in [-0.4, -0.2) is 43.9 Å². The second kappa shape index (κ2) is 10.8. The molecule has 0 spiro atoms. The first-order chi connectivity index (χ1) is 9.45. The minimum Gasteiger partial charge on any atom is -0.462 e. The lowest BCUT2D eigenvalue weighted by Crippen LogP contribution is -2.26. The Morgan fingerprint density at radius 2 is 1.75 bits per heavy atom. The van der Waals surface area contributed by atoms with Gasteiger partial charge in [0.05, 0.1) is 19.3 Å². The smallest absolute Gasteiger partial charge is 0.407 e. The van der Waals surface area contributed by atoms with E-state index in [0.717, 1.165) is 12.2 Å². The highest BCUT2D eigenvalue weighted by Gasteiger charge is 2.03. The van der Waals surface area contributed by atoms with Gasteiger partial charge in [0.15, 0.2) is 0 Å². The first-order valence-corrected chi connectivity index (χ1v) is 6.41. The Morgan fingerprint density at radius 1 is 1.10 bits per heavy atom. The fourth-order valence-electron chi connectivity index (χ4n) is 1.07. The zero-order valence-corrected chi connectivity index (χ0v) is 12.0. The Hall–Kier alpha value is -2.05. The lowest BCUT2D eigenvalue weighted by Gasteiger charge is -2.05. The van der Waals surface area contributed by atoms with E-state index < -0.39 is 18.0 Å². The Balaban J connectivity index is 3.66. The van der Waals surface area contributed by atoms with E-state index in [1.807, 2.05) is 0 Å². The maximum Gasteiger partial charge on any atom is 0.407 e. The molecule has 20 heavy (non-hydrogen) atoms. The van der Waals surface area contributed by atoms with Crippen molar-refractivity contribution < 1.29 is 28.6 Å². The highest BCUT2D eigenvalue weighted by atomic mass is 16.6. The van der Waals surface area contributed by atoms with Gasteiger partial charge in [-0.05, 0) is 27.2 Å². The van der Waals surface area contributed by atoms with Gasteiger partial charge >= 0.3 is 18.0 Å². The molecule has 114 valence electrons. The van der Waals surface area contributed by atoms with E-state index in [1.165, 1.54) is 0 Å². The van der Waals surface area contributed by atoms with Gasteiger partial charge in [0, 0.05) is 18.7 Å². The van der Waals surface area contributed by atoms with E-state index in [9.17, 15) is 14.4 Å². The normalized spacial score (nSPS) is 10.4. The molecule has 0 aromatic rings. The summed E-state index contributed by atoms with van der Waals surface area (Å²) in [6.07, 6.45) is 1.73. The summed E-state index contributed by atoms with van der Waals surface area (Å²) in [7, 11) is 0. The summed E-state index contributed by atoms with van der Waals surface area (Å²) in [5, 5.41) is 2.48. The van der Waals surface area contributed by atoms with Crippen LogP contribution in [0.4, 0.5) is 4.79 Å². The molecular weight excluding hydrogens is 266 g/mol. The van der Waals surface area contributed by atoms with Crippen LogP contribution < -0.4 is 5.32 Å². The molecular formula is C13H21NO6. The van der Waals surface area contributed by atoms with Gasteiger partial charge in [0.25, 0.3) is 0 Å². The molecule has 0 bridgehead atoms. The van der Waals surface area contributed by atoms with Gasteiger partial charge < -0.3 is 19.5 Å². The lowest BCUT2D eigenvalue weighted by atomic mass is 10.4. The monoisotopic (exact) mass is 287 g/mol. The van der Waals surface area contributed by atoms with Crippen molar-refractivity contribution in [1.82, 2.24) is 5.32 Å². The molecule has 0 unspecified atom stereocenters. The first-order valence-electron chi connectivity index (χ1n) is 6.41. The van der Waals surface area contributed by atoms with Crippen LogP contribution in [0.2, 0.25) is 0 Å². The van der Waals surface area contributed by atoms with Crippen molar-refractivity contribution in [1.29, 1.82) is 0 Å². The Kier molecular flexibility index (Phi) is 9.72. The van der Waals surface area contributed by atoms with Crippen LogP contribution in [0.1, 0.15) is 27.2 Å². The zero-order chi connectivity index (χ0) is 15.4. The summed E-state index contributed by atoms with van der Waals surface area (Å²) in [5.74, 6) is -1.23. The first kappa shape index (κ1) is 17.9. The van der Waals surface area contributed by atoms with Crippen LogP contribution in [0.15, 0.2) is 12.2 Å². The van der Waals surface area contributed by atoms with E-state index >= 15 is 0 Å². The van der Waals surface area contributed by atoms with Gasteiger partial charge in [0.1, 0.15) is 0 Å². The fraction of sp³-hybridized carbons (Fsp3) is 0.615. The van der Waals surface area contributed by atoms with Gasteiger partial charge in [-0.2, -0.15) is 0 Å². The summed E-state index contributed by atoms with van der Waals surface area (Å²) in [6, 6.07) is 0. The summed E-state index contributed by atoms with van der Waals surface area (Å²) in [6.45, 7) is 5.90. The number of ether oxygens (including phenoxy) is 3.